The van der Waals surface area contributed by atoms with Crippen molar-refractivity contribution in [2.75, 3.05) is 5.32 Å². The van der Waals surface area contributed by atoms with E-state index in [2.05, 4.69) is 10.3 Å². The molecule has 1 aliphatic rings. The summed E-state index contributed by atoms with van der Waals surface area (Å²) < 4.78 is 1.45. The van der Waals surface area contributed by atoms with Gasteiger partial charge in [0.1, 0.15) is 11.4 Å². The van der Waals surface area contributed by atoms with Crippen LogP contribution in [0.4, 0.5) is 5.82 Å². The average molecular weight is 408 g/mol. The molecule has 0 saturated heterocycles. The third-order valence-electron chi connectivity index (χ3n) is 4.88. The van der Waals surface area contributed by atoms with Gasteiger partial charge in [0.05, 0.1) is 0 Å². The van der Waals surface area contributed by atoms with Crippen molar-refractivity contribution in [3.05, 3.63) is 86.4 Å². The first-order valence-electron chi connectivity index (χ1n) is 9.27. The molecule has 0 saturated carbocycles. The van der Waals surface area contributed by atoms with Crippen LogP contribution in [0, 0.1) is 6.92 Å². The van der Waals surface area contributed by atoms with Gasteiger partial charge in [0.2, 0.25) is 0 Å². The molecule has 0 spiro atoms. The molecular formula is C22H18ClN3O3. The maximum atomic E-state index is 13.3. The third kappa shape index (κ3) is 3.71. The smallest absolute Gasteiger partial charge is 0.268 e. The number of Topliss-reactive ketones (excluding diaryl/α,β-unsaturated/α-hetero) is 1. The molecule has 29 heavy (non-hydrogen) atoms. The molecule has 4 rings (SSSR count). The highest BCUT2D eigenvalue weighted by molar-refractivity contribution is 6.30. The molecule has 7 heteroatoms. The Balaban J connectivity index is 1.86. The van der Waals surface area contributed by atoms with Crippen LogP contribution >= 0.6 is 11.6 Å². The highest BCUT2D eigenvalue weighted by Crippen LogP contribution is 2.24. The third-order valence-corrected chi connectivity index (χ3v) is 5.13. The number of hydrogen-bond acceptors (Lipinski definition) is 4. The van der Waals surface area contributed by atoms with Crippen molar-refractivity contribution in [1.82, 2.24) is 9.55 Å². The number of benzene rings is 1. The summed E-state index contributed by atoms with van der Waals surface area (Å²) in [5.41, 5.74) is 1.76. The molecule has 2 aromatic heterocycles. The van der Waals surface area contributed by atoms with Crippen molar-refractivity contribution in [3.8, 4) is 5.69 Å². The fourth-order valence-corrected chi connectivity index (χ4v) is 3.64. The molecule has 0 unspecified atom stereocenters. The fraction of sp³-hybridized carbons (Fsp3) is 0.182. The number of pyridine rings is 2. The number of aryl methyl sites for hydroxylation is 1. The number of aromatic nitrogens is 2. The number of hydrogen-bond donors (Lipinski definition) is 1. The van der Waals surface area contributed by atoms with Crippen LogP contribution in [0.3, 0.4) is 0 Å². The Morgan fingerprint density at radius 1 is 1.10 bits per heavy atom. The Bertz CT molecular complexity index is 1180. The van der Waals surface area contributed by atoms with Gasteiger partial charge in [-0.05, 0) is 62.2 Å². The standard InChI is InChI=1S/C22H18ClN3O3/c1-13-4-2-7-20(24-13)25-21(28)17-12-16-18(5-3-6-19(16)27)26(22(17)29)15-10-8-14(23)9-11-15/h2,4,7-12H,3,5-6H2,1H3,(H,24,25,28). The van der Waals surface area contributed by atoms with E-state index in [9.17, 15) is 14.4 Å². The van der Waals surface area contributed by atoms with Crippen molar-refractivity contribution < 1.29 is 9.59 Å². The lowest BCUT2D eigenvalue weighted by molar-refractivity contribution is 0.0971. The zero-order valence-corrected chi connectivity index (χ0v) is 16.5. The number of nitrogens with one attached hydrogen (secondary N) is 1. The van der Waals surface area contributed by atoms with Gasteiger partial charge >= 0.3 is 0 Å². The number of nitrogens with zero attached hydrogens (tertiary/aromatic N) is 2. The lowest BCUT2D eigenvalue weighted by Crippen LogP contribution is -2.33. The summed E-state index contributed by atoms with van der Waals surface area (Å²) in [4.78, 5) is 42.9. The Labute approximate surface area is 172 Å². The van der Waals surface area contributed by atoms with E-state index in [1.165, 1.54) is 10.6 Å². The predicted molar refractivity (Wildman–Crippen MR) is 111 cm³/mol. The van der Waals surface area contributed by atoms with E-state index in [0.717, 1.165) is 5.69 Å². The molecule has 6 nitrogen and oxygen atoms in total. The van der Waals surface area contributed by atoms with Crippen molar-refractivity contribution in [2.24, 2.45) is 0 Å². The first-order valence-corrected chi connectivity index (χ1v) is 9.65. The van der Waals surface area contributed by atoms with Crippen LogP contribution in [0.25, 0.3) is 5.69 Å². The molecule has 0 fully saturated rings. The van der Waals surface area contributed by atoms with E-state index in [-0.39, 0.29) is 11.3 Å². The molecule has 3 aromatic rings. The van der Waals surface area contributed by atoms with Gasteiger partial charge in [-0.15, -0.1) is 0 Å². The first-order chi connectivity index (χ1) is 13.9. The summed E-state index contributed by atoms with van der Waals surface area (Å²) in [5.74, 6) is -0.329. The number of anilines is 1. The van der Waals surface area contributed by atoms with E-state index in [1.54, 1.807) is 49.4 Å². The number of amides is 1. The number of rotatable bonds is 3. The minimum Gasteiger partial charge on any atom is -0.306 e. The molecule has 0 bridgehead atoms. The van der Waals surface area contributed by atoms with E-state index < -0.39 is 11.5 Å². The quantitative estimate of drug-likeness (QED) is 0.712. The Hall–Kier alpha value is -3.25. The molecule has 2 heterocycles. The van der Waals surface area contributed by atoms with E-state index in [4.69, 9.17) is 11.6 Å². The van der Waals surface area contributed by atoms with E-state index in [1.807, 2.05) is 0 Å². The van der Waals surface area contributed by atoms with Gasteiger partial charge < -0.3 is 5.32 Å². The Kier molecular flexibility index (Phi) is 5.03. The lowest BCUT2D eigenvalue weighted by Gasteiger charge is -2.21. The van der Waals surface area contributed by atoms with Gasteiger partial charge in [0.15, 0.2) is 5.78 Å². The molecule has 0 aliphatic heterocycles. The summed E-state index contributed by atoms with van der Waals surface area (Å²) in [5, 5.41) is 3.19. The summed E-state index contributed by atoms with van der Waals surface area (Å²) in [6, 6.07) is 13.4. The van der Waals surface area contributed by atoms with Crippen molar-refractivity contribution in [3.63, 3.8) is 0 Å². The monoisotopic (exact) mass is 407 g/mol. The number of halogens is 1. The van der Waals surface area contributed by atoms with Gasteiger partial charge in [0.25, 0.3) is 11.5 Å². The highest BCUT2D eigenvalue weighted by Gasteiger charge is 2.26. The molecular weight excluding hydrogens is 390 g/mol. The number of carbonyl (C=O) groups is 2. The van der Waals surface area contributed by atoms with E-state index in [0.29, 0.717) is 47.0 Å². The molecule has 1 N–H and O–H groups in total. The summed E-state index contributed by atoms with van der Waals surface area (Å²) in [6.07, 6.45) is 1.64. The molecule has 146 valence electrons. The van der Waals surface area contributed by atoms with Crippen LogP contribution in [0.15, 0.2) is 53.3 Å². The average Bonchev–Trinajstić information content (AvgIpc) is 2.69. The van der Waals surface area contributed by atoms with Gasteiger partial charge in [0, 0.05) is 34.1 Å². The molecule has 1 amide bonds. The normalized spacial score (nSPS) is 13.1. The predicted octanol–water partition coefficient (Wildman–Crippen LogP) is 3.97. The summed E-state index contributed by atoms with van der Waals surface area (Å²) >= 11 is 5.98. The van der Waals surface area contributed by atoms with Gasteiger partial charge in [-0.25, -0.2) is 4.98 Å². The van der Waals surface area contributed by atoms with Crippen LogP contribution in [-0.4, -0.2) is 21.2 Å². The van der Waals surface area contributed by atoms with Gasteiger partial charge in [-0.2, -0.15) is 0 Å². The molecule has 0 atom stereocenters. The number of ketones is 1. The summed E-state index contributed by atoms with van der Waals surface area (Å²) in [7, 11) is 0. The lowest BCUT2D eigenvalue weighted by atomic mass is 9.92. The highest BCUT2D eigenvalue weighted by atomic mass is 35.5. The molecule has 1 aromatic carbocycles. The van der Waals surface area contributed by atoms with E-state index >= 15 is 0 Å². The SMILES string of the molecule is Cc1cccc(NC(=O)c2cc3c(n(-c4ccc(Cl)cc4)c2=O)CCCC3=O)n1. The van der Waals surface area contributed by atoms with Crippen molar-refractivity contribution >= 4 is 29.1 Å². The van der Waals surface area contributed by atoms with Crippen LogP contribution in [0.2, 0.25) is 5.02 Å². The van der Waals surface area contributed by atoms with Crippen LogP contribution in [0.5, 0.6) is 0 Å². The summed E-state index contributed by atoms with van der Waals surface area (Å²) in [6.45, 7) is 1.81. The largest absolute Gasteiger partial charge is 0.306 e. The van der Waals surface area contributed by atoms with Crippen LogP contribution < -0.4 is 10.9 Å². The Morgan fingerprint density at radius 3 is 2.59 bits per heavy atom. The van der Waals surface area contributed by atoms with Crippen molar-refractivity contribution in [2.45, 2.75) is 26.2 Å². The maximum absolute atomic E-state index is 13.3. The van der Waals surface area contributed by atoms with Crippen LogP contribution in [0.1, 0.15) is 44.9 Å². The second-order valence-electron chi connectivity index (χ2n) is 6.93. The van der Waals surface area contributed by atoms with Gasteiger partial charge in [-0.1, -0.05) is 17.7 Å². The number of carbonyl (C=O) groups excluding carboxylic acids is 2. The van der Waals surface area contributed by atoms with Gasteiger partial charge in [-0.3, -0.25) is 19.0 Å². The topological polar surface area (TPSA) is 81.1 Å². The first kappa shape index (κ1) is 19.1. The molecule has 0 radical (unpaired) electrons. The van der Waals surface area contributed by atoms with Crippen molar-refractivity contribution in [1.29, 1.82) is 0 Å². The van der Waals surface area contributed by atoms with Crippen LogP contribution in [-0.2, 0) is 6.42 Å². The zero-order valence-electron chi connectivity index (χ0n) is 15.7. The minimum atomic E-state index is -0.600. The zero-order chi connectivity index (χ0) is 20.5. The fourth-order valence-electron chi connectivity index (χ4n) is 3.51. The Morgan fingerprint density at radius 2 is 1.86 bits per heavy atom. The molecule has 1 aliphatic carbocycles. The number of fused-ring (bicyclic) bond motifs is 1. The maximum Gasteiger partial charge on any atom is 0.268 e. The second kappa shape index (κ2) is 7.64. The minimum absolute atomic E-state index is 0.0725. The second-order valence-corrected chi connectivity index (χ2v) is 7.37.